The maximum atomic E-state index is 12.7. The standard InChI is InChI=1S/C21H20O6/c1-21(2,25)9-8-14-15(23)10-18(26-3)19-16(24)11-17(27-20(14)19)12-4-6-13(22)7-5-12/h4-11,22-23,25H,1-3H3/b9-8-. The minimum Gasteiger partial charge on any atom is -0.508 e. The molecule has 0 atom stereocenters. The van der Waals surface area contributed by atoms with E-state index in [0.29, 0.717) is 5.56 Å². The summed E-state index contributed by atoms with van der Waals surface area (Å²) in [5, 5.41) is 30.0. The van der Waals surface area contributed by atoms with Crippen molar-refractivity contribution in [2.75, 3.05) is 7.11 Å². The van der Waals surface area contributed by atoms with Crippen LogP contribution >= 0.6 is 0 Å². The minimum absolute atomic E-state index is 0.0926. The van der Waals surface area contributed by atoms with Crippen LogP contribution in [0.3, 0.4) is 0 Å². The normalized spacial score (nSPS) is 12.0. The molecule has 0 spiro atoms. The number of aliphatic hydroxyl groups is 1. The lowest BCUT2D eigenvalue weighted by atomic mass is 10.0. The number of hydrogen-bond acceptors (Lipinski definition) is 6. The van der Waals surface area contributed by atoms with E-state index < -0.39 is 5.60 Å². The Bertz CT molecular complexity index is 1070. The molecule has 140 valence electrons. The molecule has 27 heavy (non-hydrogen) atoms. The van der Waals surface area contributed by atoms with Crippen molar-refractivity contribution in [3.63, 3.8) is 0 Å². The summed E-state index contributed by atoms with van der Waals surface area (Å²) in [4.78, 5) is 12.7. The molecule has 0 saturated carbocycles. The Balaban J connectivity index is 2.34. The molecular weight excluding hydrogens is 348 g/mol. The van der Waals surface area contributed by atoms with Crippen LogP contribution < -0.4 is 10.2 Å². The second-order valence-corrected chi connectivity index (χ2v) is 6.72. The van der Waals surface area contributed by atoms with E-state index in [0.717, 1.165) is 0 Å². The maximum Gasteiger partial charge on any atom is 0.197 e. The first-order valence-electron chi connectivity index (χ1n) is 8.28. The molecule has 0 bridgehead atoms. The van der Waals surface area contributed by atoms with Crippen molar-refractivity contribution in [3.05, 3.63) is 58.3 Å². The molecule has 3 rings (SSSR count). The van der Waals surface area contributed by atoms with Gasteiger partial charge in [-0.15, -0.1) is 0 Å². The van der Waals surface area contributed by atoms with Gasteiger partial charge in [0, 0.05) is 17.7 Å². The molecule has 0 unspecified atom stereocenters. The minimum atomic E-state index is -1.12. The molecule has 0 aliphatic heterocycles. The highest BCUT2D eigenvalue weighted by Gasteiger charge is 2.18. The third-order valence-electron chi connectivity index (χ3n) is 4.01. The van der Waals surface area contributed by atoms with Crippen LogP contribution in [0.25, 0.3) is 28.4 Å². The van der Waals surface area contributed by atoms with E-state index in [1.54, 1.807) is 26.0 Å². The smallest absolute Gasteiger partial charge is 0.197 e. The highest BCUT2D eigenvalue weighted by Crippen LogP contribution is 2.36. The van der Waals surface area contributed by atoms with Crippen LogP contribution in [0.15, 0.2) is 51.7 Å². The molecule has 3 N–H and O–H groups in total. The van der Waals surface area contributed by atoms with E-state index in [9.17, 15) is 20.1 Å². The van der Waals surface area contributed by atoms with Crippen molar-refractivity contribution in [2.45, 2.75) is 19.4 Å². The number of rotatable bonds is 4. The fourth-order valence-electron chi connectivity index (χ4n) is 2.68. The number of benzene rings is 2. The Kier molecular flexibility index (Phi) is 4.68. The molecule has 2 aromatic carbocycles. The average Bonchev–Trinajstić information content (AvgIpc) is 2.59. The summed E-state index contributed by atoms with van der Waals surface area (Å²) in [5.41, 5.74) is -0.470. The molecule has 0 aliphatic rings. The van der Waals surface area contributed by atoms with Crippen LogP contribution in [-0.4, -0.2) is 28.0 Å². The Morgan fingerprint density at radius 3 is 2.37 bits per heavy atom. The zero-order valence-corrected chi connectivity index (χ0v) is 15.2. The number of ether oxygens (including phenoxy) is 1. The van der Waals surface area contributed by atoms with Crippen LogP contribution in [0.4, 0.5) is 0 Å². The second kappa shape index (κ2) is 6.81. The number of fused-ring (bicyclic) bond motifs is 1. The van der Waals surface area contributed by atoms with Gasteiger partial charge in [-0.3, -0.25) is 4.79 Å². The summed E-state index contributed by atoms with van der Waals surface area (Å²) in [6.45, 7) is 3.18. The summed E-state index contributed by atoms with van der Waals surface area (Å²) < 4.78 is 11.2. The fourth-order valence-corrected chi connectivity index (χ4v) is 2.68. The Labute approximate surface area is 155 Å². The predicted molar refractivity (Wildman–Crippen MR) is 103 cm³/mol. The van der Waals surface area contributed by atoms with E-state index in [-0.39, 0.29) is 45.0 Å². The largest absolute Gasteiger partial charge is 0.508 e. The van der Waals surface area contributed by atoms with Gasteiger partial charge in [-0.05, 0) is 44.2 Å². The van der Waals surface area contributed by atoms with Gasteiger partial charge in [0.1, 0.15) is 28.4 Å². The Morgan fingerprint density at radius 1 is 1.11 bits per heavy atom. The van der Waals surface area contributed by atoms with Gasteiger partial charge in [0.15, 0.2) is 11.0 Å². The van der Waals surface area contributed by atoms with Crippen molar-refractivity contribution in [1.29, 1.82) is 0 Å². The maximum absolute atomic E-state index is 12.7. The van der Waals surface area contributed by atoms with Gasteiger partial charge in [-0.25, -0.2) is 0 Å². The predicted octanol–water partition coefficient (Wildman–Crippen LogP) is 3.66. The molecule has 0 aliphatic carbocycles. The van der Waals surface area contributed by atoms with Crippen molar-refractivity contribution in [3.8, 4) is 28.6 Å². The lowest BCUT2D eigenvalue weighted by Crippen LogP contribution is -2.13. The summed E-state index contributed by atoms with van der Waals surface area (Å²) >= 11 is 0. The quantitative estimate of drug-likeness (QED) is 0.650. The first kappa shape index (κ1) is 18.5. The molecule has 0 amide bonds. The zero-order chi connectivity index (χ0) is 19.8. The fraction of sp³-hybridized carbons (Fsp3) is 0.190. The first-order valence-corrected chi connectivity index (χ1v) is 8.28. The van der Waals surface area contributed by atoms with Gasteiger partial charge < -0.3 is 24.5 Å². The van der Waals surface area contributed by atoms with E-state index in [2.05, 4.69) is 0 Å². The van der Waals surface area contributed by atoms with Crippen molar-refractivity contribution >= 4 is 17.0 Å². The second-order valence-electron chi connectivity index (χ2n) is 6.72. The van der Waals surface area contributed by atoms with Crippen molar-refractivity contribution in [1.82, 2.24) is 0 Å². The third-order valence-corrected chi connectivity index (χ3v) is 4.01. The van der Waals surface area contributed by atoms with E-state index in [4.69, 9.17) is 9.15 Å². The third kappa shape index (κ3) is 3.80. The van der Waals surface area contributed by atoms with Crippen LogP contribution in [0.2, 0.25) is 0 Å². The monoisotopic (exact) mass is 368 g/mol. The summed E-state index contributed by atoms with van der Waals surface area (Å²) in [6, 6.07) is 8.87. The zero-order valence-electron chi connectivity index (χ0n) is 15.2. The van der Waals surface area contributed by atoms with Crippen LogP contribution in [0.1, 0.15) is 19.4 Å². The van der Waals surface area contributed by atoms with Crippen LogP contribution in [0.5, 0.6) is 17.2 Å². The van der Waals surface area contributed by atoms with Gasteiger partial charge in [-0.2, -0.15) is 0 Å². The van der Waals surface area contributed by atoms with Gasteiger partial charge >= 0.3 is 0 Å². The molecular formula is C21H20O6. The number of phenolic OH excluding ortho intramolecular Hbond substituents is 2. The number of phenols is 2. The van der Waals surface area contributed by atoms with Gasteiger partial charge in [0.2, 0.25) is 0 Å². The van der Waals surface area contributed by atoms with Gasteiger partial charge in [-0.1, -0.05) is 6.08 Å². The summed E-state index contributed by atoms with van der Waals surface area (Å²) in [5.74, 6) is 0.410. The SMILES string of the molecule is COc1cc(O)c(/C=C\C(C)(C)O)c2oc(-c3ccc(O)cc3)cc(=O)c12. The van der Waals surface area contributed by atoms with Gasteiger partial charge in [0.05, 0.1) is 18.3 Å². The number of methoxy groups -OCH3 is 1. The molecule has 1 aromatic heterocycles. The van der Waals surface area contributed by atoms with Crippen LogP contribution in [0, 0.1) is 0 Å². The van der Waals surface area contributed by atoms with E-state index in [1.807, 2.05) is 0 Å². The van der Waals surface area contributed by atoms with Crippen LogP contribution in [-0.2, 0) is 0 Å². The van der Waals surface area contributed by atoms with Crippen molar-refractivity contribution < 1.29 is 24.5 Å². The van der Waals surface area contributed by atoms with E-state index >= 15 is 0 Å². The molecule has 6 heteroatoms. The lowest BCUT2D eigenvalue weighted by Gasteiger charge is -2.13. The molecule has 0 saturated heterocycles. The summed E-state index contributed by atoms with van der Waals surface area (Å²) in [7, 11) is 1.40. The van der Waals surface area contributed by atoms with Crippen molar-refractivity contribution in [2.24, 2.45) is 0 Å². The average molecular weight is 368 g/mol. The molecule has 0 radical (unpaired) electrons. The molecule has 0 fully saturated rings. The number of aromatic hydroxyl groups is 2. The highest BCUT2D eigenvalue weighted by atomic mass is 16.5. The Hall–Kier alpha value is -3.25. The van der Waals surface area contributed by atoms with E-state index in [1.165, 1.54) is 43.5 Å². The Morgan fingerprint density at radius 2 is 1.78 bits per heavy atom. The molecule has 3 aromatic rings. The highest BCUT2D eigenvalue weighted by molar-refractivity contribution is 5.94. The lowest BCUT2D eigenvalue weighted by molar-refractivity contribution is 0.134. The first-order chi connectivity index (χ1) is 12.7. The molecule has 6 nitrogen and oxygen atoms in total. The van der Waals surface area contributed by atoms with Gasteiger partial charge in [0.25, 0.3) is 0 Å². The molecule has 1 heterocycles. The summed E-state index contributed by atoms with van der Waals surface area (Å²) in [6.07, 6.45) is 2.99. The topological polar surface area (TPSA) is 100 Å². The number of hydrogen-bond donors (Lipinski definition) is 3.